The Hall–Kier alpha value is -1.64. The monoisotopic (exact) mass is 352 g/mol. The van der Waals surface area contributed by atoms with Gasteiger partial charge < -0.3 is 4.90 Å². The van der Waals surface area contributed by atoms with Gasteiger partial charge in [-0.15, -0.1) is 0 Å². The Morgan fingerprint density at radius 2 is 1.19 bits per heavy atom. The molecule has 1 unspecified atom stereocenters. The van der Waals surface area contributed by atoms with Crippen LogP contribution in [0, 0.1) is 0 Å². The van der Waals surface area contributed by atoms with Gasteiger partial charge in [-0.3, -0.25) is 4.90 Å². The summed E-state index contributed by atoms with van der Waals surface area (Å²) < 4.78 is 0. The van der Waals surface area contributed by atoms with Gasteiger partial charge in [0.1, 0.15) is 0 Å². The van der Waals surface area contributed by atoms with Gasteiger partial charge >= 0.3 is 0 Å². The predicted octanol–water partition coefficient (Wildman–Crippen LogP) is 5.59. The SMILES string of the molecule is CCCC(CCN(CC)CC)N(Cc1ccccc1)Cc1ccccc1. The second-order valence-electron chi connectivity index (χ2n) is 7.13. The van der Waals surface area contributed by atoms with Crippen molar-refractivity contribution in [2.24, 2.45) is 0 Å². The molecule has 0 aliphatic heterocycles. The molecule has 0 aliphatic rings. The summed E-state index contributed by atoms with van der Waals surface area (Å²) in [5.41, 5.74) is 2.82. The largest absolute Gasteiger partial charge is 0.304 e. The fourth-order valence-corrected chi connectivity index (χ4v) is 3.66. The van der Waals surface area contributed by atoms with Crippen molar-refractivity contribution in [1.29, 1.82) is 0 Å². The van der Waals surface area contributed by atoms with E-state index in [-0.39, 0.29) is 0 Å². The Labute approximate surface area is 160 Å². The Balaban J connectivity index is 2.14. The van der Waals surface area contributed by atoms with E-state index in [1.807, 2.05) is 0 Å². The van der Waals surface area contributed by atoms with Crippen LogP contribution in [0.4, 0.5) is 0 Å². The highest BCUT2D eigenvalue weighted by Crippen LogP contribution is 2.19. The molecule has 0 saturated heterocycles. The Morgan fingerprint density at radius 1 is 0.692 bits per heavy atom. The van der Waals surface area contributed by atoms with Crippen molar-refractivity contribution in [3.8, 4) is 0 Å². The molecule has 142 valence electrons. The van der Waals surface area contributed by atoms with Crippen LogP contribution in [0.1, 0.15) is 51.2 Å². The van der Waals surface area contributed by atoms with E-state index >= 15 is 0 Å². The van der Waals surface area contributed by atoms with Crippen LogP contribution in [-0.4, -0.2) is 35.5 Å². The van der Waals surface area contributed by atoms with Crippen molar-refractivity contribution in [2.45, 2.75) is 59.2 Å². The lowest BCUT2D eigenvalue weighted by Crippen LogP contribution is -2.37. The van der Waals surface area contributed by atoms with Crippen molar-refractivity contribution >= 4 is 0 Å². The third kappa shape index (κ3) is 6.93. The Kier molecular flexibility index (Phi) is 9.44. The molecular formula is C24H36N2. The minimum atomic E-state index is 0.626. The second-order valence-corrected chi connectivity index (χ2v) is 7.13. The van der Waals surface area contributed by atoms with E-state index in [0.29, 0.717) is 6.04 Å². The van der Waals surface area contributed by atoms with Crippen molar-refractivity contribution in [1.82, 2.24) is 9.80 Å². The third-order valence-corrected chi connectivity index (χ3v) is 5.27. The van der Waals surface area contributed by atoms with Crippen molar-refractivity contribution < 1.29 is 0 Å². The summed E-state index contributed by atoms with van der Waals surface area (Å²) in [5, 5.41) is 0. The smallest absolute Gasteiger partial charge is 0.0240 e. The summed E-state index contributed by atoms with van der Waals surface area (Å²) in [6.45, 7) is 12.4. The number of nitrogens with zero attached hydrogens (tertiary/aromatic N) is 2. The molecule has 0 N–H and O–H groups in total. The average molecular weight is 353 g/mol. The highest BCUT2D eigenvalue weighted by atomic mass is 15.2. The molecule has 1 atom stereocenters. The first kappa shape index (κ1) is 20.7. The lowest BCUT2D eigenvalue weighted by atomic mass is 10.0. The maximum absolute atomic E-state index is 2.69. The lowest BCUT2D eigenvalue weighted by molar-refractivity contribution is 0.142. The molecule has 0 fully saturated rings. The molecule has 2 aromatic rings. The van der Waals surface area contributed by atoms with Crippen LogP contribution < -0.4 is 0 Å². The first-order chi connectivity index (χ1) is 12.8. The lowest BCUT2D eigenvalue weighted by Gasteiger charge is -2.33. The van der Waals surface area contributed by atoms with Crippen LogP contribution >= 0.6 is 0 Å². The van der Waals surface area contributed by atoms with Crippen LogP contribution in [0.25, 0.3) is 0 Å². The average Bonchev–Trinajstić information content (AvgIpc) is 2.69. The van der Waals surface area contributed by atoms with Gasteiger partial charge in [0.25, 0.3) is 0 Å². The molecule has 26 heavy (non-hydrogen) atoms. The van der Waals surface area contributed by atoms with E-state index in [9.17, 15) is 0 Å². The molecule has 2 heteroatoms. The summed E-state index contributed by atoms with van der Waals surface area (Å²) in [4.78, 5) is 5.24. The molecule has 0 heterocycles. The van der Waals surface area contributed by atoms with E-state index < -0.39 is 0 Å². The Morgan fingerprint density at radius 3 is 1.62 bits per heavy atom. The molecule has 0 radical (unpaired) electrons. The molecule has 0 aliphatic carbocycles. The van der Waals surface area contributed by atoms with E-state index in [1.54, 1.807) is 0 Å². The molecule has 2 rings (SSSR count). The normalized spacial score (nSPS) is 12.7. The highest BCUT2D eigenvalue weighted by Gasteiger charge is 2.19. The number of hydrogen-bond donors (Lipinski definition) is 0. The van der Waals surface area contributed by atoms with Gasteiger partial charge in [-0.05, 0) is 43.6 Å². The first-order valence-electron chi connectivity index (χ1n) is 10.3. The van der Waals surface area contributed by atoms with E-state index in [0.717, 1.165) is 26.2 Å². The number of rotatable bonds is 12. The van der Waals surface area contributed by atoms with Crippen molar-refractivity contribution in [3.63, 3.8) is 0 Å². The number of hydrogen-bond acceptors (Lipinski definition) is 2. The third-order valence-electron chi connectivity index (χ3n) is 5.27. The van der Waals surface area contributed by atoms with Crippen LogP contribution in [0.3, 0.4) is 0 Å². The standard InChI is InChI=1S/C24H36N2/c1-4-13-24(18-19-25(5-2)6-3)26(20-22-14-9-7-10-15-22)21-23-16-11-8-12-17-23/h7-12,14-17,24H,4-6,13,18-21H2,1-3H3. The van der Waals surface area contributed by atoms with Crippen LogP contribution in [0.2, 0.25) is 0 Å². The molecular weight excluding hydrogens is 316 g/mol. The maximum Gasteiger partial charge on any atom is 0.0240 e. The summed E-state index contributed by atoms with van der Waals surface area (Å²) >= 11 is 0. The zero-order valence-corrected chi connectivity index (χ0v) is 16.9. The first-order valence-corrected chi connectivity index (χ1v) is 10.3. The molecule has 2 nitrogen and oxygen atoms in total. The second kappa shape index (κ2) is 11.9. The molecule has 0 amide bonds. The van der Waals surface area contributed by atoms with Gasteiger partial charge in [-0.1, -0.05) is 87.9 Å². The topological polar surface area (TPSA) is 6.48 Å². The molecule has 2 aromatic carbocycles. The van der Waals surface area contributed by atoms with Gasteiger partial charge in [-0.25, -0.2) is 0 Å². The fraction of sp³-hybridized carbons (Fsp3) is 0.500. The van der Waals surface area contributed by atoms with Crippen molar-refractivity contribution in [2.75, 3.05) is 19.6 Å². The molecule has 0 bridgehead atoms. The van der Waals surface area contributed by atoms with E-state index in [1.165, 1.54) is 36.9 Å². The molecule has 0 aromatic heterocycles. The van der Waals surface area contributed by atoms with Crippen LogP contribution in [0.15, 0.2) is 60.7 Å². The quantitative estimate of drug-likeness (QED) is 0.491. The summed E-state index contributed by atoms with van der Waals surface area (Å²) in [5.74, 6) is 0. The summed E-state index contributed by atoms with van der Waals surface area (Å²) in [6, 6.07) is 22.5. The van der Waals surface area contributed by atoms with Crippen LogP contribution in [-0.2, 0) is 13.1 Å². The van der Waals surface area contributed by atoms with Gasteiger partial charge in [0.15, 0.2) is 0 Å². The fourth-order valence-electron chi connectivity index (χ4n) is 3.66. The van der Waals surface area contributed by atoms with Gasteiger partial charge in [0.05, 0.1) is 0 Å². The maximum atomic E-state index is 2.69. The Bertz CT molecular complexity index is 536. The van der Waals surface area contributed by atoms with E-state index in [4.69, 9.17) is 0 Å². The zero-order chi connectivity index (χ0) is 18.6. The summed E-state index contributed by atoms with van der Waals surface area (Å²) in [7, 11) is 0. The molecule has 0 spiro atoms. The minimum Gasteiger partial charge on any atom is -0.304 e. The van der Waals surface area contributed by atoms with Gasteiger partial charge in [0, 0.05) is 19.1 Å². The summed E-state index contributed by atoms with van der Waals surface area (Å²) in [6.07, 6.45) is 3.75. The highest BCUT2D eigenvalue weighted by molar-refractivity contribution is 5.17. The van der Waals surface area contributed by atoms with Crippen LogP contribution in [0.5, 0.6) is 0 Å². The predicted molar refractivity (Wildman–Crippen MR) is 113 cm³/mol. The minimum absolute atomic E-state index is 0.626. The van der Waals surface area contributed by atoms with Gasteiger partial charge in [-0.2, -0.15) is 0 Å². The molecule has 0 saturated carbocycles. The van der Waals surface area contributed by atoms with E-state index in [2.05, 4.69) is 91.2 Å². The van der Waals surface area contributed by atoms with Crippen molar-refractivity contribution in [3.05, 3.63) is 71.8 Å². The van der Waals surface area contributed by atoms with Gasteiger partial charge in [0.2, 0.25) is 0 Å². The number of benzene rings is 2. The zero-order valence-electron chi connectivity index (χ0n) is 16.9.